The monoisotopic (exact) mass is 355 g/mol. The van der Waals surface area contributed by atoms with Gasteiger partial charge in [-0.25, -0.2) is 4.39 Å². The van der Waals surface area contributed by atoms with Crippen LogP contribution in [0.5, 0.6) is 0 Å². The van der Waals surface area contributed by atoms with Gasteiger partial charge in [0.15, 0.2) is 0 Å². The van der Waals surface area contributed by atoms with Gasteiger partial charge in [0.2, 0.25) is 0 Å². The van der Waals surface area contributed by atoms with Crippen molar-refractivity contribution in [1.29, 1.82) is 0 Å². The van der Waals surface area contributed by atoms with E-state index in [-0.39, 0.29) is 5.82 Å². The molecular weight excluding hydrogens is 341 g/mol. The third-order valence-corrected chi connectivity index (χ3v) is 4.13. The molecule has 0 aromatic heterocycles. The van der Waals surface area contributed by atoms with Crippen LogP contribution in [0.2, 0.25) is 5.02 Å². The number of rotatable bonds is 4. The maximum atomic E-state index is 13.5. The Labute approximate surface area is 132 Å². The lowest BCUT2D eigenvalue weighted by molar-refractivity contribution is 0.606. The van der Waals surface area contributed by atoms with Crippen LogP contribution in [0, 0.1) is 19.7 Å². The average Bonchev–Trinajstić information content (AvgIpc) is 2.38. The molecule has 0 unspecified atom stereocenters. The number of benzene rings is 2. The van der Waals surface area contributed by atoms with E-state index in [1.807, 2.05) is 30.3 Å². The molecule has 0 atom stereocenters. The molecule has 106 valence electrons. The summed E-state index contributed by atoms with van der Waals surface area (Å²) in [4.78, 5) is 0. The number of nitrogens with one attached hydrogen (secondary N) is 1. The number of hydrogen-bond donors (Lipinski definition) is 1. The summed E-state index contributed by atoms with van der Waals surface area (Å²) < 4.78 is 14.5. The van der Waals surface area contributed by atoms with Crippen molar-refractivity contribution in [3.8, 4) is 0 Å². The first-order valence-corrected chi connectivity index (χ1v) is 7.54. The summed E-state index contributed by atoms with van der Waals surface area (Å²) >= 11 is 9.40. The van der Waals surface area contributed by atoms with Crippen LogP contribution < -0.4 is 5.32 Å². The molecule has 1 nitrogen and oxygen atoms in total. The third kappa shape index (κ3) is 3.81. The highest BCUT2D eigenvalue weighted by Crippen LogP contribution is 2.21. The van der Waals surface area contributed by atoms with Gasteiger partial charge >= 0.3 is 0 Å². The van der Waals surface area contributed by atoms with Crippen molar-refractivity contribution < 1.29 is 4.39 Å². The molecule has 0 saturated carbocycles. The highest BCUT2D eigenvalue weighted by Gasteiger charge is 2.05. The first-order valence-electron chi connectivity index (χ1n) is 6.37. The number of aryl methyl sites for hydroxylation is 2. The Kier molecular flexibility index (Phi) is 5.19. The standard InChI is InChI=1S/C16H16BrClFN/c1-10-5-12(6-11(2)16(10)19)8-20-9-13-3-4-14(18)7-15(13)17/h3-7,20H,8-9H2,1-2H3. The second-order valence-corrected chi connectivity index (χ2v) is 6.17. The molecule has 2 rings (SSSR count). The van der Waals surface area contributed by atoms with E-state index in [0.29, 0.717) is 22.7 Å². The third-order valence-electron chi connectivity index (χ3n) is 3.16. The lowest BCUT2D eigenvalue weighted by Crippen LogP contribution is -2.13. The van der Waals surface area contributed by atoms with Crippen molar-refractivity contribution in [3.05, 3.63) is 67.9 Å². The molecule has 20 heavy (non-hydrogen) atoms. The van der Waals surface area contributed by atoms with Gasteiger partial charge in [0.05, 0.1) is 0 Å². The van der Waals surface area contributed by atoms with Gasteiger partial charge < -0.3 is 5.32 Å². The van der Waals surface area contributed by atoms with Gasteiger partial charge in [-0.3, -0.25) is 0 Å². The Hall–Kier alpha value is -0.900. The zero-order valence-electron chi connectivity index (χ0n) is 11.4. The molecular formula is C16H16BrClFN. The van der Waals surface area contributed by atoms with Gasteiger partial charge in [0.1, 0.15) is 5.82 Å². The summed E-state index contributed by atoms with van der Waals surface area (Å²) in [7, 11) is 0. The first kappa shape index (κ1) is 15.5. The summed E-state index contributed by atoms with van der Waals surface area (Å²) in [5, 5.41) is 4.07. The van der Waals surface area contributed by atoms with E-state index < -0.39 is 0 Å². The summed E-state index contributed by atoms with van der Waals surface area (Å²) in [6.45, 7) is 5.02. The van der Waals surface area contributed by atoms with Gasteiger partial charge in [-0.1, -0.05) is 45.7 Å². The van der Waals surface area contributed by atoms with E-state index >= 15 is 0 Å². The Morgan fingerprint density at radius 3 is 2.35 bits per heavy atom. The van der Waals surface area contributed by atoms with E-state index in [1.54, 1.807) is 13.8 Å². The predicted octanol–water partition coefficient (Wildman–Crippen LogP) is 5.15. The quantitative estimate of drug-likeness (QED) is 0.799. The Morgan fingerprint density at radius 2 is 1.75 bits per heavy atom. The van der Waals surface area contributed by atoms with Gasteiger partial charge in [-0.15, -0.1) is 0 Å². The summed E-state index contributed by atoms with van der Waals surface area (Å²) in [5.74, 6) is -0.116. The van der Waals surface area contributed by atoms with E-state index in [1.165, 1.54) is 0 Å². The Balaban J connectivity index is 1.99. The van der Waals surface area contributed by atoms with E-state index in [4.69, 9.17) is 11.6 Å². The van der Waals surface area contributed by atoms with Gasteiger partial charge in [0, 0.05) is 22.6 Å². The van der Waals surface area contributed by atoms with Crippen LogP contribution in [0.3, 0.4) is 0 Å². The summed E-state index contributed by atoms with van der Waals surface area (Å²) in [6.07, 6.45) is 0. The van der Waals surface area contributed by atoms with Crippen LogP contribution in [0.25, 0.3) is 0 Å². The lowest BCUT2D eigenvalue weighted by atomic mass is 10.1. The minimum absolute atomic E-state index is 0.116. The fourth-order valence-electron chi connectivity index (χ4n) is 2.14. The highest BCUT2D eigenvalue weighted by atomic mass is 79.9. The average molecular weight is 357 g/mol. The van der Waals surface area contributed by atoms with Crippen molar-refractivity contribution >= 4 is 27.5 Å². The molecule has 0 aliphatic carbocycles. The maximum absolute atomic E-state index is 13.5. The van der Waals surface area contributed by atoms with Crippen LogP contribution in [-0.4, -0.2) is 0 Å². The highest BCUT2D eigenvalue weighted by molar-refractivity contribution is 9.10. The number of halogens is 3. The van der Waals surface area contributed by atoms with Gasteiger partial charge in [-0.2, -0.15) is 0 Å². The minimum Gasteiger partial charge on any atom is -0.309 e. The SMILES string of the molecule is Cc1cc(CNCc2ccc(Cl)cc2Br)cc(C)c1F. The molecule has 0 radical (unpaired) electrons. The molecule has 0 spiro atoms. The van der Waals surface area contributed by atoms with Crippen molar-refractivity contribution in [1.82, 2.24) is 5.32 Å². The Morgan fingerprint density at radius 1 is 1.10 bits per heavy atom. The van der Waals surface area contributed by atoms with Crippen LogP contribution in [0.4, 0.5) is 4.39 Å². The molecule has 0 saturated heterocycles. The van der Waals surface area contributed by atoms with Gasteiger partial charge in [-0.05, 0) is 48.2 Å². The predicted molar refractivity (Wildman–Crippen MR) is 85.6 cm³/mol. The number of hydrogen-bond acceptors (Lipinski definition) is 1. The van der Waals surface area contributed by atoms with Crippen molar-refractivity contribution in [2.75, 3.05) is 0 Å². The van der Waals surface area contributed by atoms with Gasteiger partial charge in [0.25, 0.3) is 0 Å². The van der Waals surface area contributed by atoms with Crippen LogP contribution in [-0.2, 0) is 13.1 Å². The summed E-state index contributed by atoms with van der Waals surface area (Å²) in [5.41, 5.74) is 3.61. The smallest absolute Gasteiger partial charge is 0.129 e. The molecule has 0 amide bonds. The van der Waals surface area contributed by atoms with Crippen molar-refractivity contribution in [3.63, 3.8) is 0 Å². The lowest BCUT2D eigenvalue weighted by Gasteiger charge is -2.10. The fraction of sp³-hybridized carbons (Fsp3) is 0.250. The molecule has 0 aliphatic heterocycles. The van der Waals surface area contributed by atoms with E-state index in [0.717, 1.165) is 22.1 Å². The Bertz CT molecular complexity index is 605. The molecule has 2 aromatic carbocycles. The minimum atomic E-state index is -0.116. The molecule has 0 bridgehead atoms. The van der Waals surface area contributed by atoms with E-state index in [9.17, 15) is 4.39 Å². The largest absolute Gasteiger partial charge is 0.309 e. The van der Waals surface area contributed by atoms with Crippen LogP contribution in [0.1, 0.15) is 22.3 Å². The first-order chi connectivity index (χ1) is 9.47. The van der Waals surface area contributed by atoms with Crippen molar-refractivity contribution in [2.45, 2.75) is 26.9 Å². The van der Waals surface area contributed by atoms with Crippen molar-refractivity contribution in [2.24, 2.45) is 0 Å². The van der Waals surface area contributed by atoms with Crippen LogP contribution in [0.15, 0.2) is 34.8 Å². The summed E-state index contributed by atoms with van der Waals surface area (Å²) in [6, 6.07) is 9.50. The molecule has 4 heteroatoms. The molecule has 0 aliphatic rings. The maximum Gasteiger partial charge on any atom is 0.129 e. The van der Waals surface area contributed by atoms with E-state index in [2.05, 4.69) is 21.2 Å². The fourth-order valence-corrected chi connectivity index (χ4v) is 2.97. The topological polar surface area (TPSA) is 12.0 Å². The molecule has 0 heterocycles. The normalized spacial score (nSPS) is 10.8. The zero-order valence-corrected chi connectivity index (χ0v) is 13.8. The van der Waals surface area contributed by atoms with Crippen LogP contribution >= 0.6 is 27.5 Å². The molecule has 1 N–H and O–H groups in total. The molecule has 0 fully saturated rings. The zero-order chi connectivity index (χ0) is 14.7. The second kappa shape index (κ2) is 6.70. The molecule has 2 aromatic rings. The second-order valence-electron chi connectivity index (χ2n) is 4.88.